The number of aromatic nitrogens is 4. The van der Waals surface area contributed by atoms with Gasteiger partial charge in [0.05, 0.1) is 44.5 Å². The van der Waals surface area contributed by atoms with Crippen molar-refractivity contribution in [3.8, 4) is 28.9 Å². The molecule has 1 aromatic carbocycles. The highest BCUT2D eigenvalue weighted by Gasteiger charge is 2.23. The maximum Gasteiger partial charge on any atom is 0.257 e. The summed E-state index contributed by atoms with van der Waals surface area (Å²) < 4.78 is 23.0. The molecule has 182 valence electrons. The summed E-state index contributed by atoms with van der Waals surface area (Å²) in [6.07, 6.45) is 5.36. The molecule has 4 rings (SSSR count). The molecule has 10 heteroatoms. The van der Waals surface area contributed by atoms with Gasteiger partial charge in [0.1, 0.15) is 5.69 Å². The molecule has 3 heterocycles. The summed E-state index contributed by atoms with van der Waals surface area (Å²) in [6, 6.07) is 11.1. The molecule has 0 radical (unpaired) electrons. The summed E-state index contributed by atoms with van der Waals surface area (Å²) in [6.45, 7) is 0.662. The summed E-state index contributed by atoms with van der Waals surface area (Å²) in [7, 11) is 6.51. The van der Waals surface area contributed by atoms with Crippen LogP contribution in [-0.4, -0.2) is 65.5 Å². The van der Waals surface area contributed by atoms with Crippen LogP contribution in [0.2, 0.25) is 0 Å². The molecule has 0 spiro atoms. The van der Waals surface area contributed by atoms with Gasteiger partial charge in [-0.1, -0.05) is 6.07 Å². The minimum Gasteiger partial charge on any atom is -0.493 e. The third-order valence-corrected chi connectivity index (χ3v) is 5.52. The van der Waals surface area contributed by atoms with E-state index >= 15 is 0 Å². The van der Waals surface area contributed by atoms with E-state index in [4.69, 9.17) is 18.6 Å². The largest absolute Gasteiger partial charge is 0.493 e. The lowest BCUT2D eigenvalue weighted by Crippen LogP contribution is -2.29. The number of hydrogen-bond acceptors (Lipinski definition) is 8. The Kier molecular flexibility index (Phi) is 7.41. The minimum absolute atomic E-state index is 0.166. The Hall–Kier alpha value is -4.18. The normalized spacial score (nSPS) is 10.9. The average molecular weight is 478 g/mol. The fourth-order valence-corrected chi connectivity index (χ4v) is 3.65. The van der Waals surface area contributed by atoms with E-state index in [1.165, 1.54) is 10.9 Å². The quantitative estimate of drug-likeness (QED) is 0.342. The van der Waals surface area contributed by atoms with E-state index in [1.807, 2.05) is 24.3 Å². The topological polar surface area (TPSA) is 105 Å². The van der Waals surface area contributed by atoms with Crippen molar-refractivity contribution in [2.45, 2.75) is 13.0 Å². The predicted octanol–water partition coefficient (Wildman–Crippen LogP) is 3.40. The molecule has 0 atom stereocenters. The molecule has 0 bridgehead atoms. The van der Waals surface area contributed by atoms with Crippen LogP contribution in [0.25, 0.3) is 17.4 Å². The predicted molar refractivity (Wildman–Crippen MR) is 128 cm³/mol. The van der Waals surface area contributed by atoms with E-state index in [0.29, 0.717) is 53.1 Å². The molecule has 0 aliphatic carbocycles. The summed E-state index contributed by atoms with van der Waals surface area (Å²) in [4.78, 5) is 23.8. The third-order valence-electron chi connectivity index (χ3n) is 5.52. The second-order valence-corrected chi connectivity index (χ2v) is 7.73. The molecule has 35 heavy (non-hydrogen) atoms. The highest BCUT2D eigenvalue weighted by molar-refractivity contribution is 5.95. The van der Waals surface area contributed by atoms with Gasteiger partial charge in [-0.25, -0.2) is 9.97 Å². The lowest BCUT2D eigenvalue weighted by Gasteiger charge is -2.18. The Bertz CT molecular complexity index is 1290. The van der Waals surface area contributed by atoms with Crippen LogP contribution in [0.4, 0.5) is 0 Å². The van der Waals surface area contributed by atoms with Crippen LogP contribution in [-0.2, 0) is 17.8 Å². The van der Waals surface area contributed by atoms with Crippen molar-refractivity contribution in [2.24, 2.45) is 0 Å². The van der Waals surface area contributed by atoms with Crippen molar-refractivity contribution in [3.63, 3.8) is 0 Å². The second kappa shape index (κ2) is 10.8. The van der Waals surface area contributed by atoms with Gasteiger partial charge in [-0.05, 0) is 42.3 Å². The van der Waals surface area contributed by atoms with Crippen LogP contribution in [0.3, 0.4) is 0 Å². The fraction of sp³-hybridized carbons (Fsp3) is 0.280. The maximum atomic E-state index is 13.3. The summed E-state index contributed by atoms with van der Waals surface area (Å²) in [5.41, 5.74) is 2.62. The van der Waals surface area contributed by atoms with Crippen molar-refractivity contribution in [3.05, 3.63) is 71.9 Å². The second-order valence-electron chi connectivity index (χ2n) is 7.73. The number of furan rings is 1. The smallest absolute Gasteiger partial charge is 0.257 e. The van der Waals surface area contributed by atoms with Crippen molar-refractivity contribution < 1.29 is 23.4 Å². The Morgan fingerprint density at radius 1 is 1.11 bits per heavy atom. The third kappa shape index (κ3) is 5.17. The average Bonchev–Trinajstić information content (AvgIpc) is 3.58. The summed E-state index contributed by atoms with van der Waals surface area (Å²) in [5.74, 6) is 2.07. The Morgan fingerprint density at radius 3 is 2.66 bits per heavy atom. The highest BCUT2D eigenvalue weighted by Crippen LogP contribution is 2.28. The number of benzene rings is 1. The highest BCUT2D eigenvalue weighted by atomic mass is 16.5. The van der Waals surface area contributed by atoms with Crippen molar-refractivity contribution in [2.75, 3.05) is 34.9 Å². The maximum absolute atomic E-state index is 13.3. The van der Waals surface area contributed by atoms with Crippen molar-refractivity contribution in [1.82, 2.24) is 24.6 Å². The van der Waals surface area contributed by atoms with Gasteiger partial charge in [0.15, 0.2) is 17.3 Å². The van der Waals surface area contributed by atoms with Gasteiger partial charge >= 0.3 is 0 Å². The van der Waals surface area contributed by atoms with E-state index < -0.39 is 0 Å². The van der Waals surface area contributed by atoms with Gasteiger partial charge in [-0.15, -0.1) is 0 Å². The first-order chi connectivity index (χ1) is 17.0. The van der Waals surface area contributed by atoms with E-state index in [1.54, 1.807) is 57.9 Å². The number of ether oxygens (including phenoxy) is 3. The van der Waals surface area contributed by atoms with E-state index in [2.05, 4.69) is 15.1 Å². The van der Waals surface area contributed by atoms with Crippen molar-refractivity contribution in [1.29, 1.82) is 0 Å². The molecule has 0 saturated carbocycles. The van der Waals surface area contributed by atoms with E-state index in [-0.39, 0.29) is 12.5 Å². The molecular formula is C25H27N5O5. The van der Waals surface area contributed by atoms with Crippen LogP contribution >= 0.6 is 0 Å². The van der Waals surface area contributed by atoms with Gasteiger partial charge in [-0.2, -0.15) is 9.78 Å². The zero-order chi connectivity index (χ0) is 24.8. The molecule has 10 nitrogen and oxygen atoms in total. The number of methoxy groups -OCH3 is 3. The van der Waals surface area contributed by atoms with Gasteiger partial charge in [0.2, 0.25) is 0 Å². The number of hydrogen-bond donors (Lipinski definition) is 0. The van der Waals surface area contributed by atoms with Crippen LogP contribution in [0.5, 0.6) is 11.5 Å². The van der Waals surface area contributed by atoms with Gasteiger partial charge < -0.3 is 23.5 Å². The van der Waals surface area contributed by atoms with Gasteiger partial charge in [-0.3, -0.25) is 4.79 Å². The number of amides is 1. The van der Waals surface area contributed by atoms with Gasteiger partial charge in [0.25, 0.3) is 11.9 Å². The van der Waals surface area contributed by atoms with Crippen LogP contribution in [0.15, 0.2) is 59.5 Å². The first kappa shape index (κ1) is 24.0. The van der Waals surface area contributed by atoms with Crippen LogP contribution in [0, 0.1) is 0 Å². The number of nitrogens with zero attached hydrogens (tertiary/aromatic N) is 5. The lowest BCUT2D eigenvalue weighted by atomic mass is 10.1. The lowest BCUT2D eigenvalue weighted by molar-refractivity contribution is 0.0791. The molecule has 0 N–H and O–H groups in total. The summed E-state index contributed by atoms with van der Waals surface area (Å²) in [5, 5.41) is 4.39. The zero-order valence-corrected chi connectivity index (χ0v) is 20.1. The Labute approximate surface area is 203 Å². The number of carbonyl (C=O) groups excluding carboxylic acids is 1. The Morgan fingerprint density at radius 2 is 1.94 bits per heavy atom. The SMILES string of the molecule is COCc1c(C(=O)N(C)CCc2ccc(OC)c(OC)c2)cnn1-c1nccc(-c2ccco2)n1. The first-order valence-electron chi connectivity index (χ1n) is 10.9. The molecule has 0 aliphatic rings. The monoisotopic (exact) mass is 477 g/mol. The molecule has 0 fully saturated rings. The minimum atomic E-state index is -0.175. The molecule has 1 amide bonds. The first-order valence-corrected chi connectivity index (χ1v) is 10.9. The molecule has 4 aromatic rings. The van der Waals surface area contributed by atoms with E-state index in [0.717, 1.165) is 5.56 Å². The number of rotatable bonds is 10. The van der Waals surface area contributed by atoms with Gasteiger partial charge in [0, 0.05) is 26.9 Å². The fourth-order valence-electron chi connectivity index (χ4n) is 3.65. The standard InChI is InChI=1S/C25H27N5O5/c1-29(12-10-17-7-8-22(33-3)23(14-17)34-4)24(31)18-15-27-30(20(18)16-32-2)25-26-11-9-19(28-25)21-6-5-13-35-21/h5-9,11,13-15H,10,12,16H2,1-4H3. The molecule has 3 aromatic heterocycles. The molecule has 0 aliphatic heterocycles. The number of likely N-dealkylation sites (N-methyl/N-ethyl adjacent to an activating group) is 1. The molecule has 0 unspecified atom stereocenters. The molecule has 0 saturated heterocycles. The zero-order valence-electron chi connectivity index (χ0n) is 20.1. The van der Waals surface area contributed by atoms with Crippen molar-refractivity contribution >= 4 is 5.91 Å². The molecular weight excluding hydrogens is 450 g/mol. The van der Waals surface area contributed by atoms with Crippen LogP contribution < -0.4 is 9.47 Å². The number of carbonyl (C=O) groups is 1. The van der Waals surface area contributed by atoms with E-state index in [9.17, 15) is 4.79 Å². The summed E-state index contributed by atoms with van der Waals surface area (Å²) >= 11 is 0. The van der Waals surface area contributed by atoms with Crippen LogP contribution in [0.1, 0.15) is 21.6 Å². The Balaban J connectivity index is 1.54.